The number of hydrogen-bond acceptors (Lipinski definition) is 1. The monoisotopic (exact) mass is 422 g/mol. The van der Waals surface area contributed by atoms with E-state index < -0.39 is 0 Å². The van der Waals surface area contributed by atoms with Gasteiger partial charge < -0.3 is 0 Å². The molecule has 2 heteroatoms. The molecule has 3 aromatic carbocycles. The first-order valence-corrected chi connectivity index (χ1v) is 11.8. The van der Waals surface area contributed by atoms with Gasteiger partial charge in [0.15, 0.2) is 0 Å². The standard InChI is InChI=1S/C30H34N2/c1-6-12-24-15-11-16-25(23-13-9-8-10-14-23)28(24)32-20-19-31-29(32)26-18-17-22(3)21-27(26)30(4,5)7-2/h8-11,13-21H,6-7,12H2,1-5H3. The van der Waals surface area contributed by atoms with E-state index in [-0.39, 0.29) is 5.41 Å². The molecule has 0 atom stereocenters. The molecule has 0 aliphatic rings. The zero-order valence-electron chi connectivity index (χ0n) is 20.0. The van der Waals surface area contributed by atoms with Crippen LogP contribution in [0.2, 0.25) is 0 Å². The van der Waals surface area contributed by atoms with Crippen LogP contribution in [0.25, 0.3) is 28.2 Å². The van der Waals surface area contributed by atoms with Crippen LogP contribution in [-0.4, -0.2) is 9.55 Å². The second-order valence-electron chi connectivity index (χ2n) is 9.34. The molecule has 4 rings (SSSR count). The minimum absolute atomic E-state index is 0.0727. The highest BCUT2D eigenvalue weighted by Gasteiger charge is 2.25. The van der Waals surface area contributed by atoms with Crippen LogP contribution in [0.1, 0.15) is 57.2 Å². The lowest BCUT2D eigenvalue weighted by Crippen LogP contribution is -2.18. The lowest BCUT2D eigenvalue weighted by Gasteiger charge is -2.27. The first kappa shape index (κ1) is 22.1. The molecule has 0 unspecified atom stereocenters. The van der Waals surface area contributed by atoms with Gasteiger partial charge >= 0.3 is 0 Å². The van der Waals surface area contributed by atoms with Crippen LogP contribution in [0.3, 0.4) is 0 Å². The summed E-state index contributed by atoms with van der Waals surface area (Å²) in [7, 11) is 0. The van der Waals surface area contributed by atoms with Crippen molar-refractivity contribution in [1.29, 1.82) is 0 Å². The number of imidazole rings is 1. The van der Waals surface area contributed by atoms with Crippen molar-refractivity contribution >= 4 is 0 Å². The summed E-state index contributed by atoms with van der Waals surface area (Å²) >= 11 is 0. The zero-order valence-corrected chi connectivity index (χ0v) is 20.0. The van der Waals surface area contributed by atoms with Gasteiger partial charge in [-0.2, -0.15) is 0 Å². The Morgan fingerprint density at radius 3 is 2.38 bits per heavy atom. The average Bonchev–Trinajstić information content (AvgIpc) is 3.29. The molecule has 0 bridgehead atoms. The van der Waals surface area contributed by atoms with Gasteiger partial charge in [0, 0.05) is 23.5 Å². The van der Waals surface area contributed by atoms with Crippen molar-refractivity contribution in [3.05, 3.63) is 95.8 Å². The van der Waals surface area contributed by atoms with E-state index in [0.29, 0.717) is 0 Å². The third kappa shape index (κ3) is 4.14. The van der Waals surface area contributed by atoms with Gasteiger partial charge in [0.2, 0.25) is 0 Å². The third-order valence-corrected chi connectivity index (χ3v) is 6.63. The minimum atomic E-state index is 0.0727. The second kappa shape index (κ2) is 9.16. The van der Waals surface area contributed by atoms with Crippen molar-refractivity contribution < 1.29 is 0 Å². The van der Waals surface area contributed by atoms with E-state index in [9.17, 15) is 0 Å². The maximum atomic E-state index is 4.90. The van der Waals surface area contributed by atoms with Crippen molar-refractivity contribution in [3.63, 3.8) is 0 Å². The Hall–Kier alpha value is -3.13. The summed E-state index contributed by atoms with van der Waals surface area (Å²) in [5.74, 6) is 1.02. The topological polar surface area (TPSA) is 17.8 Å². The van der Waals surface area contributed by atoms with Crippen LogP contribution in [0, 0.1) is 6.92 Å². The molecular formula is C30H34N2. The number of para-hydroxylation sites is 1. The predicted octanol–water partition coefficient (Wildman–Crippen LogP) is 8.15. The summed E-state index contributed by atoms with van der Waals surface area (Å²) in [4.78, 5) is 4.90. The summed E-state index contributed by atoms with van der Waals surface area (Å²) in [6.07, 6.45) is 7.28. The van der Waals surface area contributed by atoms with Gasteiger partial charge in [0.25, 0.3) is 0 Å². The van der Waals surface area contributed by atoms with Crippen LogP contribution in [-0.2, 0) is 11.8 Å². The van der Waals surface area contributed by atoms with Gasteiger partial charge in [-0.3, -0.25) is 4.57 Å². The molecule has 2 nitrogen and oxygen atoms in total. The van der Waals surface area contributed by atoms with E-state index in [1.54, 1.807) is 0 Å². The molecule has 1 heterocycles. The molecule has 0 spiro atoms. The first-order valence-electron chi connectivity index (χ1n) is 11.8. The highest BCUT2D eigenvalue weighted by atomic mass is 15.1. The average molecular weight is 423 g/mol. The Morgan fingerprint density at radius 1 is 0.875 bits per heavy atom. The van der Waals surface area contributed by atoms with Gasteiger partial charge in [-0.05, 0) is 41.9 Å². The molecule has 164 valence electrons. The minimum Gasteiger partial charge on any atom is -0.299 e. The van der Waals surface area contributed by atoms with Gasteiger partial charge in [0.1, 0.15) is 5.82 Å². The maximum Gasteiger partial charge on any atom is 0.144 e. The van der Waals surface area contributed by atoms with E-state index in [0.717, 1.165) is 25.1 Å². The molecule has 0 fully saturated rings. The number of nitrogens with zero attached hydrogens (tertiary/aromatic N) is 2. The molecule has 0 radical (unpaired) electrons. The summed E-state index contributed by atoms with van der Waals surface area (Å²) in [5, 5.41) is 0. The first-order chi connectivity index (χ1) is 15.5. The van der Waals surface area contributed by atoms with Crippen molar-refractivity contribution in [2.24, 2.45) is 0 Å². The quantitative estimate of drug-likeness (QED) is 0.294. The Labute approximate surface area is 193 Å². The van der Waals surface area contributed by atoms with Gasteiger partial charge in [-0.1, -0.05) is 106 Å². The summed E-state index contributed by atoms with van der Waals surface area (Å²) in [5.41, 5.74) is 9.03. The Balaban J connectivity index is 1.99. The van der Waals surface area contributed by atoms with Crippen molar-refractivity contribution in [2.45, 2.75) is 59.3 Å². The SMILES string of the molecule is CCCc1cccc(-c2ccccc2)c1-n1ccnc1-c1ccc(C)cc1C(C)(C)CC. The van der Waals surface area contributed by atoms with Gasteiger partial charge in [0.05, 0.1) is 5.69 Å². The lowest BCUT2D eigenvalue weighted by atomic mass is 9.79. The van der Waals surface area contributed by atoms with Crippen LogP contribution in [0.15, 0.2) is 79.1 Å². The van der Waals surface area contributed by atoms with Gasteiger partial charge in [-0.15, -0.1) is 0 Å². The molecule has 0 aliphatic heterocycles. The van der Waals surface area contributed by atoms with Crippen LogP contribution in [0.4, 0.5) is 0 Å². The summed E-state index contributed by atoms with van der Waals surface area (Å²) < 4.78 is 2.31. The molecule has 0 amide bonds. The van der Waals surface area contributed by atoms with Crippen LogP contribution >= 0.6 is 0 Å². The highest BCUT2D eigenvalue weighted by molar-refractivity contribution is 5.77. The number of aromatic nitrogens is 2. The number of rotatable bonds is 7. The maximum absolute atomic E-state index is 4.90. The van der Waals surface area contributed by atoms with E-state index in [4.69, 9.17) is 4.98 Å². The molecule has 32 heavy (non-hydrogen) atoms. The lowest BCUT2D eigenvalue weighted by molar-refractivity contribution is 0.507. The fourth-order valence-electron chi connectivity index (χ4n) is 4.48. The third-order valence-electron chi connectivity index (χ3n) is 6.63. The number of aryl methyl sites for hydroxylation is 2. The molecule has 4 aromatic rings. The van der Waals surface area contributed by atoms with E-state index >= 15 is 0 Å². The fourth-order valence-corrected chi connectivity index (χ4v) is 4.48. The molecule has 0 saturated heterocycles. The number of hydrogen-bond donors (Lipinski definition) is 0. The second-order valence-corrected chi connectivity index (χ2v) is 9.34. The Bertz CT molecular complexity index is 1200. The summed E-state index contributed by atoms with van der Waals surface area (Å²) in [6, 6.07) is 24.2. The molecule has 1 aromatic heterocycles. The van der Waals surface area contributed by atoms with Crippen molar-refractivity contribution in [3.8, 4) is 28.2 Å². The predicted molar refractivity (Wildman–Crippen MR) is 136 cm³/mol. The smallest absolute Gasteiger partial charge is 0.144 e. The van der Waals surface area contributed by atoms with E-state index in [1.165, 1.54) is 39.1 Å². The molecule has 0 N–H and O–H groups in total. The summed E-state index contributed by atoms with van der Waals surface area (Å²) in [6.45, 7) is 11.4. The Morgan fingerprint density at radius 2 is 1.66 bits per heavy atom. The molecule has 0 saturated carbocycles. The van der Waals surface area contributed by atoms with Crippen molar-refractivity contribution in [2.75, 3.05) is 0 Å². The fraction of sp³-hybridized carbons (Fsp3) is 0.300. The van der Waals surface area contributed by atoms with Crippen LogP contribution < -0.4 is 0 Å². The van der Waals surface area contributed by atoms with E-state index in [2.05, 4.69) is 112 Å². The van der Waals surface area contributed by atoms with Crippen molar-refractivity contribution in [1.82, 2.24) is 9.55 Å². The van der Waals surface area contributed by atoms with Crippen LogP contribution in [0.5, 0.6) is 0 Å². The Kier molecular flexibility index (Phi) is 6.32. The van der Waals surface area contributed by atoms with E-state index in [1.807, 2.05) is 6.20 Å². The number of benzene rings is 3. The molecular weight excluding hydrogens is 388 g/mol. The zero-order chi connectivity index (χ0) is 22.7. The normalized spacial score (nSPS) is 11.7. The molecule has 0 aliphatic carbocycles. The van der Waals surface area contributed by atoms with Gasteiger partial charge in [-0.25, -0.2) is 4.98 Å². The highest BCUT2D eigenvalue weighted by Crippen LogP contribution is 2.38. The largest absolute Gasteiger partial charge is 0.299 e.